The van der Waals surface area contributed by atoms with Crippen LogP contribution in [0.5, 0.6) is 0 Å². The molecule has 2 aromatic rings. The first-order valence-corrected chi connectivity index (χ1v) is 10.2. The number of piperidine rings is 1. The molecule has 1 aliphatic heterocycles. The molecule has 0 unspecified atom stereocenters. The third-order valence-electron chi connectivity index (χ3n) is 5.97. The fourth-order valence-corrected chi connectivity index (χ4v) is 4.60. The monoisotopic (exact) mass is 354 g/mol. The fourth-order valence-electron chi connectivity index (χ4n) is 4.60. The molecule has 5 heteroatoms. The van der Waals surface area contributed by atoms with Gasteiger partial charge in [0.2, 0.25) is 0 Å². The van der Waals surface area contributed by atoms with Crippen LogP contribution in [0.2, 0.25) is 0 Å². The molecule has 3 N–H and O–H groups in total. The number of rotatable bonds is 3. The van der Waals surface area contributed by atoms with E-state index in [1.165, 1.54) is 51.5 Å². The highest BCUT2D eigenvalue weighted by atomic mass is 16.2. The maximum Gasteiger partial charge on any atom is 0.319 e. The van der Waals surface area contributed by atoms with Gasteiger partial charge in [-0.1, -0.05) is 43.9 Å². The van der Waals surface area contributed by atoms with Crippen LogP contribution in [0, 0.1) is 0 Å². The third-order valence-corrected chi connectivity index (χ3v) is 5.97. The summed E-state index contributed by atoms with van der Waals surface area (Å²) in [5.74, 6) is 0. The molecule has 1 saturated heterocycles. The van der Waals surface area contributed by atoms with E-state index in [-0.39, 0.29) is 12.1 Å². The lowest BCUT2D eigenvalue weighted by molar-refractivity contribution is 0.128. The Bertz CT molecular complexity index is 732. The third kappa shape index (κ3) is 4.04. The lowest BCUT2D eigenvalue weighted by Gasteiger charge is -2.38. The zero-order chi connectivity index (χ0) is 17.8. The minimum Gasteiger partial charge on any atom is -0.359 e. The molecule has 1 aromatic heterocycles. The SMILES string of the molecule is O=C(Nc1c[nH]c2ccccc12)N[C@H]1CCCN(C2CCCCCC2)C1. The molecule has 0 spiro atoms. The summed E-state index contributed by atoms with van der Waals surface area (Å²) in [6.45, 7) is 2.18. The van der Waals surface area contributed by atoms with Crippen LogP contribution in [0.15, 0.2) is 30.5 Å². The number of hydrogen-bond donors (Lipinski definition) is 3. The second kappa shape index (κ2) is 8.12. The highest BCUT2D eigenvalue weighted by molar-refractivity contribution is 6.01. The Morgan fingerprint density at radius 3 is 2.69 bits per heavy atom. The van der Waals surface area contributed by atoms with Crippen LogP contribution in [0.3, 0.4) is 0 Å². The van der Waals surface area contributed by atoms with Crippen LogP contribution >= 0.6 is 0 Å². The van der Waals surface area contributed by atoms with Gasteiger partial charge in [-0.15, -0.1) is 0 Å². The summed E-state index contributed by atoms with van der Waals surface area (Å²) in [6.07, 6.45) is 12.3. The second-order valence-corrected chi connectivity index (χ2v) is 7.83. The zero-order valence-electron chi connectivity index (χ0n) is 15.5. The Morgan fingerprint density at radius 2 is 1.85 bits per heavy atom. The van der Waals surface area contributed by atoms with Crippen molar-refractivity contribution in [3.8, 4) is 0 Å². The van der Waals surface area contributed by atoms with E-state index in [9.17, 15) is 4.79 Å². The topological polar surface area (TPSA) is 60.2 Å². The standard InChI is InChI=1S/C21H30N4O/c26-21(24-20-14-22-19-12-6-5-11-18(19)20)23-16-8-7-13-25(15-16)17-9-3-1-2-4-10-17/h5-6,11-12,14,16-17,22H,1-4,7-10,13,15H2,(H2,23,24,26)/t16-/m0/s1. The fraction of sp³-hybridized carbons (Fsp3) is 0.571. The van der Waals surface area contributed by atoms with Crippen LogP contribution in [0.25, 0.3) is 10.9 Å². The van der Waals surface area contributed by atoms with Gasteiger partial charge in [-0.25, -0.2) is 4.79 Å². The predicted octanol–water partition coefficient (Wildman–Crippen LogP) is 4.48. The first-order chi connectivity index (χ1) is 12.8. The number of amides is 2. The zero-order valence-corrected chi connectivity index (χ0v) is 15.5. The number of aromatic amines is 1. The normalized spacial score (nSPS) is 22.8. The van der Waals surface area contributed by atoms with Gasteiger partial charge in [-0.05, 0) is 38.3 Å². The number of urea groups is 1. The highest BCUT2D eigenvalue weighted by Gasteiger charge is 2.27. The van der Waals surface area contributed by atoms with Crippen LogP contribution in [-0.2, 0) is 0 Å². The summed E-state index contributed by atoms with van der Waals surface area (Å²) in [5.41, 5.74) is 1.88. The average Bonchev–Trinajstić information content (AvgIpc) is 2.88. The summed E-state index contributed by atoms with van der Waals surface area (Å²) < 4.78 is 0. The number of nitrogens with one attached hydrogen (secondary N) is 3. The molecule has 2 heterocycles. The lowest BCUT2D eigenvalue weighted by Crippen LogP contribution is -2.51. The number of hydrogen-bond acceptors (Lipinski definition) is 2. The van der Waals surface area contributed by atoms with Gasteiger partial charge in [-0.2, -0.15) is 0 Å². The average molecular weight is 354 g/mol. The molecule has 1 atom stereocenters. The van der Waals surface area contributed by atoms with Crippen molar-refractivity contribution >= 4 is 22.6 Å². The van der Waals surface area contributed by atoms with Gasteiger partial charge < -0.3 is 15.6 Å². The molecule has 1 saturated carbocycles. The number of carbonyl (C=O) groups is 1. The van der Waals surface area contributed by atoms with E-state index in [0.29, 0.717) is 0 Å². The quantitative estimate of drug-likeness (QED) is 0.712. The Hall–Kier alpha value is -2.01. The Labute approximate surface area is 155 Å². The first kappa shape index (κ1) is 17.4. The summed E-state index contributed by atoms with van der Waals surface area (Å²) in [4.78, 5) is 18.3. The number of likely N-dealkylation sites (tertiary alicyclic amines) is 1. The number of nitrogens with zero attached hydrogens (tertiary/aromatic N) is 1. The molecular weight excluding hydrogens is 324 g/mol. The smallest absolute Gasteiger partial charge is 0.319 e. The van der Waals surface area contributed by atoms with Gasteiger partial charge in [0.1, 0.15) is 0 Å². The summed E-state index contributed by atoms with van der Waals surface area (Å²) in [7, 11) is 0. The van der Waals surface area contributed by atoms with E-state index in [1.807, 2.05) is 30.5 Å². The van der Waals surface area contributed by atoms with Crippen molar-refractivity contribution in [2.45, 2.75) is 63.5 Å². The Balaban J connectivity index is 1.33. The van der Waals surface area contributed by atoms with Crippen molar-refractivity contribution in [2.24, 2.45) is 0 Å². The van der Waals surface area contributed by atoms with Gasteiger partial charge in [0.15, 0.2) is 0 Å². The first-order valence-electron chi connectivity index (χ1n) is 10.2. The van der Waals surface area contributed by atoms with Crippen molar-refractivity contribution in [3.05, 3.63) is 30.5 Å². The van der Waals surface area contributed by atoms with E-state index in [1.54, 1.807) is 0 Å². The van der Waals surface area contributed by atoms with Crippen molar-refractivity contribution < 1.29 is 4.79 Å². The van der Waals surface area contributed by atoms with Gasteiger partial charge >= 0.3 is 6.03 Å². The Morgan fingerprint density at radius 1 is 1.04 bits per heavy atom. The predicted molar refractivity (Wildman–Crippen MR) is 107 cm³/mol. The van der Waals surface area contributed by atoms with Crippen molar-refractivity contribution in [2.75, 3.05) is 18.4 Å². The molecule has 0 radical (unpaired) electrons. The molecule has 26 heavy (non-hydrogen) atoms. The number of aromatic nitrogens is 1. The van der Waals surface area contributed by atoms with Gasteiger partial charge in [-0.3, -0.25) is 4.90 Å². The summed E-state index contributed by atoms with van der Waals surface area (Å²) >= 11 is 0. The molecule has 2 fully saturated rings. The molecule has 5 nitrogen and oxygen atoms in total. The van der Waals surface area contributed by atoms with Crippen LogP contribution in [0.4, 0.5) is 10.5 Å². The minimum absolute atomic E-state index is 0.0949. The highest BCUT2D eigenvalue weighted by Crippen LogP contribution is 2.25. The van der Waals surface area contributed by atoms with E-state index in [0.717, 1.165) is 35.6 Å². The number of para-hydroxylation sites is 1. The molecular formula is C21H30N4O. The molecule has 2 amide bonds. The maximum atomic E-state index is 12.5. The molecule has 2 aliphatic rings. The maximum absolute atomic E-state index is 12.5. The number of H-pyrrole nitrogens is 1. The Kier molecular flexibility index (Phi) is 5.44. The lowest BCUT2D eigenvalue weighted by atomic mass is 10.00. The van der Waals surface area contributed by atoms with Crippen LogP contribution < -0.4 is 10.6 Å². The van der Waals surface area contributed by atoms with E-state index >= 15 is 0 Å². The van der Waals surface area contributed by atoms with Crippen molar-refractivity contribution in [1.82, 2.24) is 15.2 Å². The summed E-state index contributed by atoms with van der Waals surface area (Å²) in [6, 6.07) is 8.90. The molecule has 1 aromatic carbocycles. The van der Waals surface area contributed by atoms with Gasteiger partial charge in [0, 0.05) is 35.7 Å². The summed E-state index contributed by atoms with van der Waals surface area (Å²) in [5, 5.41) is 7.27. The van der Waals surface area contributed by atoms with E-state index < -0.39 is 0 Å². The van der Waals surface area contributed by atoms with Crippen LogP contribution in [0.1, 0.15) is 51.4 Å². The van der Waals surface area contributed by atoms with Gasteiger partial charge in [0.25, 0.3) is 0 Å². The van der Waals surface area contributed by atoms with Crippen molar-refractivity contribution in [3.63, 3.8) is 0 Å². The number of carbonyl (C=O) groups excluding carboxylic acids is 1. The second-order valence-electron chi connectivity index (χ2n) is 7.83. The minimum atomic E-state index is -0.0949. The van der Waals surface area contributed by atoms with E-state index in [4.69, 9.17) is 0 Å². The molecule has 0 bridgehead atoms. The van der Waals surface area contributed by atoms with Crippen molar-refractivity contribution in [1.29, 1.82) is 0 Å². The molecule has 1 aliphatic carbocycles. The van der Waals surface area contributed by atoms with Gasteiger partial charge in [0.05, 0.1) is 5.69 Å². The van der Waals surface area contributed by atoms with Crippen LogP contribution in [-0.4, -0.2) is 41.1 Å². The molecule has 140 valence electrons. The number of anilines is 1. The number of benzene rings is 1. The number of fused-ring (bicyclic) bond motifs is 1. The largest absolute Gasteiger partial charge is 0.359 e. The molecule has 4 rings (SSSR count). The van der Waals surface area contributed by atoms with E-state index in [2.05, 4.69) is 20.5 Å².